The first-order chi connectivity index (χ1) is 7.70. The van der Waals surface area contributed by atoms with Crippen LogP contribution >= 0.6 is 0 Å². The van der Waals surface area contributed by atoms with Gasteiger partial charge in [0.05, 0.1) is 7.11 Å². The smallest absolute Gasteiger partial charge is 0.278 e. The molecule has 16 heavy (non-hydrogen) atoms. The third kappa shape index (κ3) is 1.88. The van der Waals surface area contributed by atoms with Gasteiger partial charge in [-0.2, -0.15) is 0 Å². The molecule has 82 valence electrons. The van der Waals surface area contributed by atoms with Crippen LogP contribution in [0.25, 0.3) is 0 Å². The maximum Gasteiger partial charge on any atom is 0.278 e. The highest BCUT2D eigenvalue weighted by molar-refractivity contribution is 5.95. The summed E-state index contributed by atoms with van der Waals surface area (Å²) in [5.41, 5.74) is 5.94. The van der Waals surface area contributed by atoms with Crippen LogP contribution in [0.15, 0.2) is 36.5 Å². The summed E-state index contributed by atoms with van der Waals surface area (Å²) in [6, 6.07) is 8.44. The van der Waals surface area contributed by atoms with Gasteiger partial charge in [0.15, 0.2) is 0 Å². The number of carbonyl (C=O) groups is 1. The molecule has 2 rings (SSSR count). The molecule has 2 N–H and O–H groups in total. The third-order valence-corrected chi connectivity index (χ3v) is 2.13. The summed E-state index contributed by atoms with van der Waals surface area (Å²) in [5.74, 6) is 0.706. The lowest BCUT2D eigenvalue weighted by atomic mass is 10.2. The number of benzene rings is 1. The summed E-state index contributed by atoms with van der Waals surface area (Å²) in [4.78, 5) is 11.9. The first-order valence-electron chi connectivity index (χ1n) is 4.70. The highest BCUT2D eigenvalue weighted by atomic mass is 16.5. The number of methoxy groups -OCH3 is 1. The fourth-order valence-electron chi connectivity index (χ4n) is 1.34. The molecule has 0 spiro atoms. The molecule has 0 saturated carbocycles. The first-order valence-corrected chi connectivity index (χ1v) is 4.70. The number of nitrogen functional groups attached to an aromatic ring is 1. The summed E-state index contributed by atoms with van der Waals surface area (Å²) < 4.78 is 6.24. The van der Waals surface area contributed by atoms with Crippen LogP contribution in [-0.2, 0) is 0 Å². The monoisotopic (exact) mass is 217 g/mol. The maximum atomic E-state index is 11.9. The van der Waals surface area contributed by atoms with E-state index < -0.39 is 0 Å². The zero-order valence-electron chi connectivity index (χ0n) is 8.75. The van der Waals surface area contributed by atoms with Gasteiger partial charge in [-0.3, -0.25) is 4.79 Å². The fraction of sp³-hybridized carbons (Fsp3) is 0.0909. The number of carbonyl (C=O) groups excluding carboxylic acids is 1. The van der Waals surface area contributed by atoms with Crippen molar-refractivity contribution >= 4 is 11.7 Å². The van der Waals surface area contributed by atoms with Crippen LogP contribution in [0.1, 0.15) is 10.4 Å². The lowest BCUT2D eigenvalue weighted by Gasteiger charge is -2.03. The van der Waals surface area contributed by atoms with Crippen molar-refractivity contribution in [3.63, 3.8) is 0 Å². The van der Waals surface area contributed by atoms with Gasteiger partial charge in [0, 0.05) is 17.8 Å². The van der Waals surface area contributed by atoms with Crippen molar-refractivity contribution in [1.29, 1.82) is 0 Å². The van der Waals surface area contributed by atoms with Crippen LogP contribution < -0.4 is 10.5 Å². The van der Waals surface area contributed by atoms with Gasteiger partial charge in [-0.25, -0.2) is 4.68 Å². The van der Waals surface area contributed by atoms with Crippen molar-refractivity contribution in [3.05, 3.63) is 42.1 Å². The van der Waals surface area contributed by atoms with Crippen molar-refractivity contribution in [2.24, 2.45) is 0 Å². The number of ether oxygens (including phenoxy) is 1. The molecule has 0 aliphatic heterocycles. The number of anilines is 1. The molecule has 0 fully saturated rings. The third-order valence-electron chi connectivity index (χ3n) is 2.13. The molecule has 1 aromatic heterocycles. The van der Waals surface area contributed by atoms with Crippen molar-refractivity contribution < 1.29 is 9.53 Å². The molecule has 5 nitrogen and oxygen atoms in total. The number of aromatic nitrogens is 2. The number of nitrogens with two attached hydrogens (primary N) is 1. The van der Waals surface area contributed by atoms with Gasteiger partial charge in [0.25, 0.3) is 5.91 Å². The number of nitrogens with zero attached hydrogens (tertiary/aromatic N) is 2. The maximum absolute atomic E-state index is 11.9. The van der Waals surface area contributed by atoms with Crippen LogP contribution in [-0.4, -0.2) is 22.8 Å². The van der Waals surface area contributed by atoms with Crippen molar-refractivity contribution in [1.82, 2.24) is 9.78 Å². The van der Waals surface area contributed by atoms with E-state index in [1.54, 1.807) is 37.4 Å². The van der Waals surface area contributed by atoms with E-state index in [1.807, 2.05) is 0 Å². The lowest BCUT2D eigenvalue weighted by molar-refractivity contribution is 0.0945. The topological polar surface area (TPSA) is 70.1 Å². The lowest BCUT2D eigenvalue weighted by Crippen LogP contribution is -2.12. The zero-order chi connectivity index (χ0) is 11.5. The Bertz CT molecular complexity index is 519. The van der Waals surface area contributed by atoms with Crippen LogP contribution in [0.5, 0.6) is 5.75 Å². The van der Waals surface area contributed by atoms with E-state index in [0.29, 0.717) is 17.1 Å². The Kier molecular flexibility index (Phi) is 2.59. The second kappa shape index (κ2) is 4.06. The molecule has 0 aliphatic carbocycles. The molecule has 0 bridgehead atoms. The van der Waals surface area contributed by atoms with Crippen LogP contribution in [0.2, 0.25) is 0 Å². The minimum atomic E-state index is -0.240. The molecule has 2 aromatic rings. The van der Waals surface area contributed by atoms with Gasteiger partial charge >= 0.3 is 0 Å². The van der Waals surface area contributed by atoms with Gasteiger partial charge < -0.3 is 10.5 Å². The largest absolute Gasteiger partial charge is 0.497 e. The van der Waals surface area contributed by atoms with E-state index in [2.05, 4.69) is 5.10 Å². The highest BCUT2D eigenvalue weighted by Crippen LogP contribution is 2.13. The average molecular weight is 217 g/mol. The summed E-state index contributed by atoms with van der Waals surface area (Å²) in [6.07, 6.45) is 1.52. The Morgan fingerprint density at radius 2 is 2.25 bits per heavy atom. The molecule has 0 atom stereocenters. The molecular weight excluding hydrogens is 206 g/mol. The quantitative estimate of drug-likeness (QED) is 0.819. The molecule has 0 unspecified atom stereocenters. The number of hydrogen-bond acceptors (Lipinski definition) is 4. The van der Waals surface area contributed by atoms with Crippen LogP contribution in [0.4, 0.5) is 5.82 Å². The number of hydrogen-bond donors (Lipinski definition) is 1. The van der Waals surface area contributed by atoms with Crippen LogP contribution in [0.3, 0.4) is 0 Å². The van der Waals surface area contributed by atoms with Crippen molar-refractivity contribution in [3.8, 4) is 5.75 Å². The SMILES string of the molecule is COc1cccc(C(=O)n2ccc(N)n2)c1. The summed E-state index contributed by atoms with van der Waals surface area (Å²) in [6.45, 7) is 0. The minimum absolute atomic E-state index is 0.240. The van der Waals surface area contributed by atoms with Crippen molar-refractivity contribution in [2.75, 3.05) is 12.8 Å². The normalized spacial score (nSPS) is 10.1. The Morgan fingerprint density at radius 3 is 2.88 bits per heavy atom. The Labute approximate surface area is 92.4 Å². The van der Waals surface area contributed by atoms with E-state index in [9.17, 15) is 4.79 Å². The summed E-state index contributed by atoms with van der Waals surface area (Å²) in [7, 11) is 1.55. The van der Waals surface area contributed by atoms with E-state index >= 15 is 0 Å². The Morgan fingerprint density at radius 1 is 1.44 bits per heavy atom. The van der Waals surface area contributed by atoms with E-state index in [4.69, 9.17) is 10.5 Å². The first kappa shape index (κ1) is 10.2. The zero-order valence-corrected chi connectivity index (χ0v) is 8.75. The summed E-state index contributed by atoms with van der Waals surface area (Å²) >= 11 is 0. The predicted octanol–water partition coefficient (Wildman–Crippen LogP) is 1.16. The average Bonchev–Trinajstić information content (AvgIpc) is 2.75. The standard InChI is InChI=1S/C11H11N3O2/c1-16-9-4-2-3-8(7-9)11(15)14-6-5-10(12)13-14/h2-7H,1H3,(H2,12,13). The molecule has 0 amide bonds. The van der Waals surface area contributed by atoms with Gasteiger partial charge in [-0.15, -0.1) is 5.10 Å². The molecular formula is C11H11N3O2. The minimum Gasteiger partial charge on any atom is -0.497 e. The van der Waals surface area contributed by atoms with Gasteiger partial charge in [0.1, 0.15) is 11.6 Å². The van der Waals surface area contributed by atoms with Gasteiger partial charge in [-0.1, -0.05) is 6.07 Å². The van der Waals surface area contributed by atoms with Gasteiger partial charge in [0.2, 0.25) is 0 Å². The van der Waals surface area contributed by atoms with Crippen molar-refractivity contribution in [2.45, 2.75) is 0 Å². The molecule has 1 heterocycles. The molecule has 0 saturated heterocycles. The molecule has 1 aromatic carbocycles. The predicted molar refractivity (Wildman–Crippen MR) is 59.4 cm³/mol. The van der Waals surface area contributed by atoms with E-state index in [0.717, 1.165) is 0 Å². The highest BCUT2D eigenvalue weighted by Gasteiger charge is 2.09. The fourth-order valence-corrected chi connectivity index (χ4v) is 1.34. The van der Waals surface area contributed by atoms with Crippen LogP contribution in [0, 0.1) is 0 Å². The summed E-state index contributed by atoms with van der Waals surface area (Å²) in [5, 5.41) is 3.85. The molecule has 0 aliphatic rings. The Balaban J connectivity index is 2.33. The second-order valence-electron chi connectivity index (χ2n) is 3.22. The number of rotatable bonds is 2. The Hall–Kier alpha value is -2.30. The second-order valence-corrected chi connectivity index (χ2v) is 3.22. The van der Waals surface area contributed by atoms with E-state index in [-0.39, 0.29) is 5.91 Å². The molecule has 5 heteroatoms. The van der Waals surface area contributed by atoms with E-state index in [1.165, 1.54) is 10.9 Å². The van der Waals surface area contributed by atoms with Gasteiger partial charge in [-0.05, 0) is 18.2 Å². The molecule has 0 radical (unpaired) electrons.